The number of nitrogens with one attached hydrogen (secondary N) is 1. The predicted molar refractivity (Wildman–Crippen MR) is 97.1 cm³/mol. The van der Waals surface area contributed by atoms with Gasteiger partial charge in [-0.05, 0) is 25.5 Å². The molecule has 3 heterocycles. The summed E-state index contributed by atoms with van der Waals surface area (Å²) < 4.78 is 5.90. The van der Waals surface area contributed by atoms with Crippen molar-refractivity contribution in [1.82, 2.24) is 15.1 Å². The van der Waals surface area contributed by atoms with E-state index in [4.69, 9.17) is 10.5 Å². The predicted octanol–water partition coefficient (Wildman–Crippen LogP) is -0.504. The summed E-state index contributed by atoms with van der Waals surface area (Å²) >= 11 is 0. The number of benzene rings is 1. The number of carbonyl (C=O) groups is 1. The first-order chi connectivity index (χ1) is 12.5. The fraction of sp³-hybridized carbons (Fsp3) is 0.632. The van der Waals surface area contributed by atoms with Crippen molar-refractivity contribution < 1.29 is 14.6 Å². The Morgan fingerprint density at radius 1 is 1.42 bits per heavy atom. The minimum atomic E-state index is -0.870. The van der Waals surface area contributed by atoms with Crippen LogP contribution in [0, 0.1) is 0 Å². The normalized spacial score (nSPS) is 33.6. The number of hydrogen-bond donors (Lipinski definition) is 3. The van der Waals surface area contributed by atoms with Crippen molar-refractivity contribution in [3.05, 3.63) is 35.9 Å². The minimum Gasteiger partial charge on any atom is -0.391 e. The number of piperazine rings is 1. The fourth-order valence-electron chi connectivity index (χ4n) is 4.38. The van der Waals surface area contributed by atoms with Gasteiger partial charge in [0.1, 0.15) is 18.4 Å². The largest absolute Gasteiger partial charge is 0.391 e. The van der Waals surface area contributed by atoms with Crippen LogP contribution in [0.15, 0.2) is 30.3 Å². The molecule has 3 saturated heterocycles. The number of fused-ring (bicyclic) bond motifs is 2. The van der Waals surface area contributed by atoms with E-state index >= 15 is 0 Å². The molecule has 0 saturated carbocycles. The third-order valence-corrected chi connectivity index (χ3v) is 5.99. The summed E-state index contributed by atoms with van der Waals surface area (Å²) in [5, 5.41) is 13.1. The van der Waals surface area contributed by atoms with Crippen LogP contribution < -0.4 is 11.1 Å². The second-order valence-electron chi connectivity index (χ2n) is 7.72. The number of nitrogens with zero attached hydrogens (tertiary/aromatic N) is 2. The van der Waals surface area contributed by atoms with Gasteiger partial charge in [-0.3, -0.25) is 15.0 Å². The van der Waals surface area contributed by atoms with E-state index in [2.05, 4.69) is 34.5 Å². The van der Waals surface area contributed by atoms with Crippen LogP contribution in [0.2, 0.25) is 0 Å². The van der Waals surface area contributed by atoms with Crippen molar-refractivity contribution in [2.75, 3.05) is 26.2 Å². The molecule has 7 nitrogen and oxygen atoms in total. The van der Waals surface area contributed by atoms with Gasteiger partial charge in [0.05, 0.1) is 11.6 Å². The fourth-order valence-corrected chi connectivity index (χ4v) is 4.38. The van der Waals surface area contributed by atoms with Crippen LogP contribution in [0.25, 0.3) is 0 Å². The molecule has 3 aliphatic heterocycles. The van der Waals surface area contributed by atoms with E-state index in [-0.39, 0.29) is 23.8 Å². The maximum Gasteiger partial charge on any atom is 0.242 e. The Hall–Kier alpha value is -1.51. The number of aliphatic hydroxyl groups excluding tert-OH is 1. The summed E-state index contributed by atoms with van der Waals surface area (Å²) in [5.74, 6) is -0.172. The summed E-state index contributed by atoms with van der Waals surface area (Å²) in [6.07, 6.45) is 0.258. The van der Waals surface area contributed by atoms with Crippen molar-refractivity contribution in [2.24, 2.45) is 5.73 Å². The SMILES string of the molecule is C[C@@H](O)[C@H](N)C(=O)N1CCN(Cc2ccccc2)C2(CCNC3OC32)C1. The Morgan fingerprint density at radius 3 is 2.92 bits per heavy atom. The number of ether oxygens (including phenoxy) is 1. The van der Waals surface area contributed by atoms with Crippen molar-refractivity contribution in [3.8, 4) is 0 Å². The maximum atomic E-state index is 12.7. The van der Waals surface area contributed by atoms with Gasteiger partial charge in [-0.25, -0.2) is 0 Å². The molecule has 26 heavy (non-hydrogen) atoms. The van der Waals surface area contributed by atoms with Gasteiger partial charge >= 0.3 is 0 Å². The van der Waals surface area contributed by atoms with Crippen molar-refractivity contribution in [3.63, 3.8) is 0 Å². The van der Waals surface area contributed by atoms with Crippen molar-refractivity contribution in [1.29, 1.82) is 0 Å². The molecule has 7 heteroatoms. The molecule has 1 spiro atoms. The molecule has 0 radical (unpaired) electrons. The maximum absolute atomic E-state index is 12.7. The Bertz CT molecular complexity index is 655. The number of piperidine rings is 1. The van der Waals surface area contributed by atoms with Crippen LogP contribution in [0.4, 0.5) is 0 Å². The monoisotopic (exact) mass is 360 g/mol. The highest BCUT2D eigenvalue weighted by Gasteiger charge is 2.61. The lowest BCUT2D eigenvalue weighted by Gasteiger charge is -2.52. The lowest BCUT2D eigenvalue weighted by molar-refractivity contribution is -0.142. The standard InChI is InChI=1S/C19H28N4O3/c1-13(24)15(20)18(25)22-9-10-23(11-14-5-3-2-4-6-14)19(12-22)7-8-21-17-16(19)26-17/h2-6,13,15-17,21,24H,7-12,20H2,1H3/t13-,15+,16?,17?,19?/m1/s1. The van der Waals surface area contributed by atoms with Gasteiger partial charge in [-0.15, -0.1) is 0 Å². The van der Waals surface area contributed by atoms with Crippen LogP contribution >= 0.6 is 0 Å². The van der Waals surface area contributed by atoms with E-state index in [1.165, 1.54) is 5.56 Å². The highest BCUT2D eigenvalue weighted by Crippen LogP contribution is 2.43. The van der Waals surface area contributed by atoms with E-state index in [1.54, 1.807) is 6.92 Å². The second kappa shape index (κ2) is 6.90. The zero-order chi connectivity index (χ0) is 18.3. The number of nitrogens with two attached hydrogens (primary N) is 1. The molecular weight excluding hydrogens is 332 g/mol. The summed E-state index contributed by atoms with van der Waals surface area (Å²) in [6.45, 7) is 5.28. The van der Waals surface area contributed by atoms with Crippen LogP contribution in [-0.2, 0) is 16.1 Å². The van der Waals surface area contributed by atoms with Gasteiger partial charge in [-0.2, -0.15) is 0 Å². The molecule has 3 fully saturated rings. The van der Waals surface area contributed by atoms with Crippen molar-refractivity contribution in [2.45, 2.75) is 49.9 Å². The number of carbonyl (C=O) groups excluding carboxylic acids is 1. The minimum absolute atomic E-state index is 0.0857. The van der Waals surface area contributed by atoms with Gasteiger partial charge in [0.15, 0.2) is 0 Å². The summed E-state index contributed by atoms with van der Waals surface area (Å²) in [7, 11) is 0. The molecule has 0 aromatic heterocycles. The zero-order valence-electron chi connectivity index (χ0n) is 15.2. The van der Waals surface area contributed by atoms with Crippen LogP contribution in [-0.4, -0.2) is 77.0 Å². The number of epoxide rings is 1. The molecule has 1 aromatic rings. The third kappa shape index (κ3) is 3.14. The molecule has 0 bridgehead atoms. The first-order valence-corrected chi connectivity index (χ1v) is 9.41. The highest BCUT2D eigenvalue weighted by molar-refractivity contribution is 5.82. The van der Waals surface area contributed by atoms with Gasteiger partial charge in [-0.1, -0.05) is 30.3 Å². The molecule has 4 N–H and O–H groups in total. The average Bonchev–Trinajstić information content (AvgIpc) is 3.44. The lowest BCUT2D eigenvalue weighted by Crippen LogP contribution is -2.69. The Balaban J connectivity index is 1.56. The highest BCUT2D eigenvalue weighted by atomic mass is 16.6. The molecular formula is C19H28N4O3. The third-order valence-electron chi connectivity index (χ3n) is 5.99. The van der Waals surface area contributed by atoms with Gasteiger partial charge in [0.25, 0.3) is 0 Å². The molecule has 142 valence electrons. The molecule has 3 unspecified atom stereocenters. The quantitative estimate of drug-likeness (QED) is 0.627. The van der Waals surface area contributed by atoms with Crippen molar-refractivity contribution >= 4 is 5.91 Å². The van der Waals surface area contributed by atoms with Crippen LogP contribution in [0.3, 0.4) is 0 Å². The molecule has 4 rings (SSSR count). The second-order valence-corrected chi connectivity index (χ2v) is 7.72. The smallest absolute Gasteiger partial charge is 0.242 e. The van der Waals surface area contributed by atoms with E-state index < -0.39 is 12.1 Å². The summed E-state index contributed by atoms with van der Waals surface area (Å²) in [4.78, 5) is 17.0. The zero-order valence-corrected chi connectivity index (χ0v) is 15.2. The van der Waals surface area contributed by atoms with E-state index in [0.29, 0.717) is 13.1 Å². The Kier molecular flexibility index (Phi) is 4.75. The van der Waals surface area contributed by atoms with Gasteiger partial charge in [0, 0.05) is 26.2 Å². The Labute approximate surface area is 154 Å². The number of amides is 1. The number of hydrogen-bond acceptors (Lipinski definition) is 6. The molecule has 1 aromatic carbocycles. The molecule has 3 aliphatic rings. The molecule has 0 aliphatic carbocycles. The van der Waals surface area contributed by atoms with E-state index in [9.17, 15) is 9.90 Å². The lowest BCUT2D eigenvalue weighted by atomic mass is 9.83. The Morgan fingerprint density at radius 2 is 2.19 bits per heavy atom. The van der Waals surface area contributed by atoms with E-state index in [0.717, 1.165) is 26.1 Å². The average molecular weight is 360 g/mol. The first kappa shape index (κ1) is 17.9. The molecule has 5 atom stereocenters. The number of aliphatic hydroxyl groups is 1. The topological polar surface area (TPSA) is 94.4 Å². The first-order valence-electron chi connectivity index (χ1n) is 9.41. The summed E-state index contributed by atoms with van der Waals surface area (Å²) in [6, 6.07) is 9.55. The van der Waals surface area contributed by atoms with Gasteiger partial charge in [0.2, 0.25) is 5.91 Å². The van der Waals surface area contributed by atoms with Crippen LogP contribution in [0.1, 0.15) is 18.9 Å². The number of rotatable bonds is 4. The van der Waals surface area contributed by atoms with Crippen LogP contribution in [0.5, 0.6) is 0 Å². The van der Waals surface area contributed by atoms with Gasteiger partial charge < -0.3 is 20.5 Å². The molecule has 1 amide bonds. The van der Waals surface area contributed by atoms with E-state index in [1.807, 2.05) is 11.0 Å². The summed E-state index contributed by atoms with van der Waals surface area (Å²) in [5.41, 5.74) is 6.98.